The lowest BCUT2D eigenvalue weighted by atomic mass is 10.0. The average molecular weight is 419 g/mol. The number of alkyl halides is 3. The molecule has 28 heavy (non-hydrogen) atoms. The van der Waals surface area contributed by atoms with Crippen LogP contribution in [0.25, 0.3) is 5.69 Å². The van der Waals surface area contributed by atoms with Gasteiger partial charge in [0.1, 0.15) is 0 Å². The van der Waals surface area contributed by atoms with Crippen LogP contribution in [0.4, 0.5) is 13.2 Å². The Hall–Kier alpha value is -2.06. The molecular weight excluding hydrogens is 393 g/mol. The van der Waals surface area contributed by atoms with Crippen LogP contribution in [-0.4, -0.2) is 40.2 Å². The summed E-state index contributed by atoms with van der Waals surface area (Å²) in [6, 6.07) is 4.85. The van der Waals surface area contributed by atoms with Crippen molar-refractivity contribution < 1.29 is 18.0 Å². The first-order valence-electron chi connectivity index (χ1n) is 8.75. The van der Waals surface area contributed by atoms with Crippen LogP contribution in [0, 0.1) is 12.8 Å². The molecule has 1 unspecified atom stereocenters. The molecule has 1 amide bonds. The van der Waals surface area contributed by atoms with Crippen LogP contribution in [0.3, 0.4) is 0 Å². The van der Waals surface area contributed by atoms with Gasteiger partial charge in [0, 0.05) is 19.6 Å². The van der Waals surface area contributed by atoms with Crippen molar-refractivity contribution in [1.82, 2.24) is 14.7 Å². The molecule has 0 saturated carbocycles. The average Bonchev–Trinajstić information content (AvgIpc) is 2.99. The van der Waals surface area contributed by atoms with Crippen molar-refractivity contribution in [3.05, 3.63) is 47.3 Å². The lowest BCUT2D eigenvalue weighted by Crippen LogP contribution is -2.34. The number of hydrogen-bond acceptors (Lipinski definition) is 3. The summed E-state index contributed by atoms with van der Waals surface area (Å²) in [4.78, 5) is 14.2. The fourth-order valence-corrected chi connectivity index (χ4v) is 2.68. The maximum atomic E-state index is 12.9. The second-order valence-corrected chi connectivity index (χ2v) is 7.03. The van der Waals surface area contributed by atoms with Crippen LogP contribution in [0.1, 0.15) is 41.9 Å². The van der Waals surface area contributed by atoms with E-state index in [1.807, 2.05) is 13.8 Å². The topological polar surface area (TPSA) is 64.2 Å². The van der Waals surface area contributed by atoms with E-state index in [1.54, 1.807) is 18.9 Å². The minimum Gasteiger partial charge on any atom is -0.342 e. The molecule has 0 spiro atoms. The number of hydrogen-bond donors (Lipinski definition) is 1. The Balaban J connectivity index is 0.00000392. The van der Waals surface area contributed by atoms with Crippen LogP contribution in [0.2, 0.25) is 0 Å². The number of nitrogens with two attached hydrogens (primary N) is 1. The van der Waals surface area contributed by atoms with Gasteiger partial charge in [-0.3, -0.25) is 4.79 Å². The highest BCUT2D eigenvalue weighted by atomic mass is 35.5. The van der Waals surface area contributed by atoms with Crippen molar-refractivity contribution in [3.8, 4) is 5.69 Å². The van der Waals surface area contributed by atoms with Crippen molar-refractivity contribution >= 4 is 18.3 Å². The molecule has 0 radical (unpaired) electrons. The molecule has 2 aromatic rings. The predicted molar refractivity (Wildman–Crippen MR) is 105 cm³/mol. The van der Waals surface area contributed by atoms with Gasteiger partial charge in [0.2, 0.25) is 0 Å². The van der Waals surface area contributed by atoms with Crippen LogP contribution in [-0.2, 0) is 6.18 Å². The van der Waals surface area contributed by atoms with Gasteiger partial charge in [-0.25, -0.2) is 4.68 Å². The lowest BCUT2D eigenvalue weighted by Gasteiger charge is -2.21. The Kier molecular flexibility index (Phi) is 8.07. The number of halogens is 4. The maximum Gasteiger partial charge on any atom is 0.416 e. The molecular formula is C19H26ClF3N4O. The molecule has 1 atom stereocenters. The van der Waals surface area contributed by atoms with Gasteiger partial charge in [0.05, 0.1) is 28.7 Å². The summed E-state index contributed by atoms with van der Waals surface area (Å²) >= 11 is 0. The minimum absolute atomic E-state index is 0. The molecule has 2 N–H and O–H groups in total. The molecule has 156 valence electrons. The van der Waals surface area contributed by atoms with Gasteiger partial charge >= 0.3 is 6.18 Å². The molecule has 1 aromatic carbocycles. The quantitative estimate of drug-likeness (QED) is 0.769. The highest BCUT2D eigenvalue weighted by Crippen LogP contribution is 2.30. The van der Waals surface area contributed by atoms with E-state index in [-0.39, 0.29) is 30.0 Å². The molecule has 0 saturated heterocycles. The fraction of sp³-hybridized carbons (Fsp3) is 0.474. The Morgan fingerprint density at radius 2 is 1.96 bits per heavy atom. The van der Waals surface area contributed by atoms with Crippen LogP contribution in [0.5, 0.6) is 0 Å². The summed E-state index contributed by atoms with van der Waals surface area (Å²) < 4.78 is 40.1. The molecule has 1 aromatic heterocycles. The zero-order chi connectivity index (χ0) is 20.4. The number of nitrogens with zero attached hydrogens (tertiary/aromatic N) is 3. The first-order chi connectivity index (χ1) is 12.5. The number of benzene rings is 1. The van der Waals surface area contributed by atoms with E-state index < -0.39 is 11.7 Å². The van der Waals surface area contributed by atoms with Gasteiger partial charge in [-0.15, -0.1) is 12.4 Å². The van der Waals surface area contributed by atoms with Crippen LogP contribution >= 0.6 is 12.4 Å². The second kappa shape index (κ2) is 9.43. The summed E-state index contributed by atoms with van der Waals surface area (Å²) in [5.74, 6) is 0.0839. The normalized spacial score (nSPS) is 12.6. The molecule has 0 aliphatic rings. The fourth-order valence-electron chi connectivity index (χ4n) is 2.68. The van der Waals surface area contributed by atoms with E-state index in [2.05, 4.69) is 5.10 Å². The van der Waals surface area contributed by atoms with Gasteiger partial charge in [-0.1, -0.05) is 19.9 Å². The van der Waals surface area contributed by atoms with Gasteiger partial charge < -0.3 is 10.6 Å². The second-order valence-electron chi connectivity index (χ2n) is 7.03. The van der Waals surface area contributed by atoms with Crippen LogP contribution < -0.4 is 5.73 Å². The first-order valence-corrected chi connectivity index (χ1v) is 8.75. The molecule has 0 aliphatic heterocycles. The summed E-state index contributed by atoms with van der Waals surface area (Å²) in [7, 11) is 1.68. The molecule has 0 aliphatic carbocycles. The Labute approximate surface area is 169 Å². The third kappa shape index (κ3) is 5.48. The highest BCUT2D eigenvalue weighted by molar-refractivity contribution is 5.95. The SMILES string of the molecule is Cc1c(C(=O)N(C)CCC(N)C(C)C)cnn1-c1cccc(C(F)(F)F)c1.Cl. The van der Waals surface area contributed by atoms with E-state index in [4.69, 9.17) is 5.73 Å². The Bertz CT molecular complexity index is 805. The van der Waals surface area contributed by atoms with E-state index in [9.17, 15) is 18.0 Å². The molecule has 9 heteroatoms. The molecule has 0 fully saturated rings. The predicted octanol–water partition coefficient (Wildman–Crippen LogP) is 4.07. The third-order valence-corrected chi connectivity index (χ3v) is 4.66. The van der Waals surface area contributed by atoms with E-state index >= 15 is 0 Å². The maximum absolute atomic E-state index is 12.9. The number of rotatable bonds is 6. The molecule has 5 nitrogen and oxygen atoms in total. The number of aromatic nitrogens is 2. The Morgan fingerprint density at radius 1 is 1.32 bits per heavy atom. The zero-order valence-electron chi connectivity index (χ0n) is 16.3. The van der Waals surface area contributed by atoms with E-state index in [1.165, 1.54) is 23.0 Å². The van der Waals surface area contributed by atoms with Crippen molar-refractivity contribution in [1.29, 1.82) is 0 Å². The smallest absolute Gasteiger partial charge is 0.342 e. The van der Waals surface area contributed by atoms with Gasteiger partial charge in [0.25, 0.3) is 5.91 Å². The summed E-state index contributed by atoms with van der Waals surface area (Å²) in [6.45, 7) is 6.20. The summed E-state index contributed by atoms with van der Waals surface area (Å²) in [6.07, 6.45) is -2.39. The van der Waals surface area contributed by atoms with Crippen molar-refractivity contribution in [2.75, 3.05) is 13.6 Å². The number of carbonyl (C=O) groups is 1. The molecule has 1 heterocycles. The zero-order valence-corrected chi connectivity index (χ0v) is 17.1. The standard InChI is InChI=1S/C19H25F3N4O.ClH/c1-12(2)17(23)8-9-25(4)18(27)16-11-24-26(13(16)3)15-7-5-6-14(10-15)19(20,21)22;/h5-7,10-12,17H,8-9,23H2,1-4H3;1H. The van der Waals surface area contributed by atoms with Gasteiger partial charge in [0.15, 0.2) is 0 Å². The van der Waals surface area contributed by atoms with Crippen LogP contribution in [0.15, 0.2) is 30.5 Å². The molecule has 0 bridgehead atoms. The van der Waals surface area contributed by atoms with Crippen molar-refractivity contribution in [3.63, 3.8) is 0 Å². The minimum atomic E-state index is -4.44. The molecule has 2 rings (SSSR count). The number of amides is 1. The van der Waals surface area contributed by atoms with Crippen molar-refractivity contribution in [2.24, 2.45) is 11.7 Å². The lowest BCUT2D eigenvalue weighted by molar-refractivity contribution is -0.137. The first kappa shape index (κ1) is 24.0. The highest BCUT2D eigenvalue weighted by Gasteiger charge is 2.31. The summed E-state index contributed by atoms with van der Waals surface area (Å²) in [5.41, 5.74) is 6.35. The Morgan fingerprint density at radius 3 is 2.54 bits per heavy atom. The van der Waals surface area contributed by atoms with E-state index in [0.717, 1.165) is 12.1 Å². The monoisotopic (exact) mass is 418 g/mol. The van der Waals surface area contributed by atoms with Gasteiger partial charge in [-0.2, -0.15) is 18.3 Å². The van der Waals surface area contributed by atoms with Gasteiger partial charge in [-0.05, 0) is 37.5 Å². The largest absolute Gasteiger partial charge is 0.416 e. The van der Waals surface area contributed by atoms with Crippen molar-refractivity contribution in [2.45, 2.75) is 39.4 Å². The van der Waals surface area contributed by atoms with E-state index in [0.29, 0.717) is 30.1 Å². The number of carbonyl (C=O) groups excluding carboxylic acids is 1. The third-order valence-electron chi connectivity index (χ3n) is 4.66. The summed E-state index contributed by atoms with van der Waals surface area (Å²) in [5, 5.41) is 4.11.